The number of benzene rings is 2. The zero-order valence-corrected chi connectivity index (χ0v) is 14.1. The van der Waals surface area contributed by atoms with E-state index in [1.807, 2.05) is 38.1 Å². The Balaban J connectivity index is 0.00000208. The van der Waals surface area contributed by atoms with Crippen molar-refractivity contribution in [1.82, 2.24) is 4.98 Å². The van der Waals surface area contributed by atoms with Crippen molar-refractivity contribution in [3.05, 3.63) is 52.1 Å². The van der Waals surface area contributed by atoms with Gasteiger partial charge in [-0.3, -0.25) is 10.1 Å². The summed E-state index contributed by atoms with van der Waals surface area (Å²) >= 11 is 0. The number of nitro groups is 1. The molecule has 0 bridgehead atoms. The quantitative estimate of drug-likeness (QED) is 0.320. The van der Waals surface area contributed by atoms with Crippen molar-refractivity contribution < 1.29 is 10.0 Å². The number of anilines is 1. The SMILES string of the molecule is CCC(O)Nc1c2ccccc2nc2c(C)ccc([N+](=O)[O-])c12.Cl. The van der Waals surface area contributed by atoms with Crippen molar-refractivity contribution in [1.29, 1.82) is 0 Å². The summed E-state index contributed by atoms with van der Waals surface area (Å²) in [5.74, 6) is 0. The molecule has 0 aliphatic rings. The number of aliphatic hydroxyl groups is 1. The summed E-state index contributed by atoms with van der Waals surface area (Å²) in [6.45, 7) is 3.71. The predicted molar refractivity (Wildman–Crippen MR) is 97.8 cm³/mol. The van der Waals surface area contributed by atoms with Crippen LogP contribution in [0.1, 0.15) is 18.9 Å². The number of aliphatic hydroxyl groups excluding tert-OH is 1. The number of hydrogen-bond donors (Lipinski definition) is 2. The number of pyridine rings is 1. The molecule has 6 nitrogen and oxygen atoms in total. The molecule has 0 radical (unpaired) electrons. The highest BCUT2D eigenvalue weighted by Gasteiger charge is 2.21. The minimum Gasteiger partial charge on any atom is -0.374 e. The molecule has 0 amide bonds. The molecule has 24 heavy (non-hydrogen) atoms. The lowest BCUT2D eigenvalue weighted by Crippen LogP contribution is -2.18. The monoisotopic (exact) mass is 347 g/mol. The number of nitrogens with zero attached hydrogens (tertiary/aromatic N) is 2. The van der Waals surface area contributed by atoms with Crippen LogP contribution < -0.4 is 5.32 Å². The lowest BCUT2D eigenvalue weighted by molar-refractivity contribution is -0.383. The molecule has 1 atom stereocenters. The Bertz CT molecular complexity index is 914. The summed E-state index contributed by atoms with van der Waals surface area (Å²) in [6.07, 6.45) is -0.304. The fourth-order valence-electron chi connectivity index (χ4n) is 2.68. The van der Waals surface area contributed by atoms with Gasteiger partial charge in [0.25, 0.3) is 5.69 Å². The van der Waals surface area contributed by atoms with Gasteiger partial charge in [-0.15, -0.1) is 12.4 Å². The number of para-hydroxylation sites is 1. The second kappa shape index (κ2) is 6.98. The van der Waals surface area contributed by atoms with Gasteiger partial charge in [0.1, 0.15) is 11.6 Å². The highest BCUT2D eigenvalue weighted by Crippen LogP contribution is 2.38. The Morgan fingerprint density at radius 1 is 1.29 bits per heavy atom. The first kappa shape index (κ1) is 17.9. The number of aryl methyl sites for hydroxylation is 1. The molecule has 3 rings (SSSR count). The molecule has 1 heterocycles. The van der Waals surface area contributed by atoms with Gasteiger partial charge in [0.2, 0.25) is 0 Å². The summed E-state index contributed by atoms with van der Waals surface area (Å²) in [7, 11) is 0. The first-order chi connectivity index (χ1) is 11.0. The molecule has 0 aliphatic heterocycles. The molecular weight excluding hydrogens is 330 g/mol. The van der Waals surface area contributed by atoms with Gasteiger partial charge in [-0.05, 0) is 25.0 Å². The summed E-state index contributed by atoms with van der Waals surface area (Å²) in [5.41, 5.74) is 2.69. The van der Waals surface area contributed by atoms with Gasteiger partial charge in [0.15, 0.2) is 0 Å². The van der Waals surface area contributed by atoms with Crippen molar-refractivity contribution in [3.8, 4) is 0 Å². The molecule has 0 fully saturated rings. The molecule has 2 aromatic carbocycles. The summed E-state index contributed by atoms with van der Waals surface area (Å²) in [6, 6.07) is 10.6. The highest BCUT2D eigenvalue weighted by molar-refractivity contribution is 6.12. The Labute approximate surface area is 145 Å². The Kier molecular flexibility index (Phi) is 5.21. The van der Waals surface area contributed by atoms with Crippen molar-refractivity contribution in [2.75, 3.05) is 5.32 Å². The number of halogens is 1. The van der Waals surface area contributed by atoms with Crippen LogP contribution in [0.5, 0.6) is 0 Å². The third-order valence-electron chi connectivity index (χ3n) is 3.91. The number of rotatable bonds is 4. The average molecular weight is 348 g/mol. The molecule has 1 unspecified atom stereocenters. The van der Waals surface area contributed by atoms with E-state index in [4.69, 9.17) is 0 Å². The molecule has 0 saturated heterocycles. The summed E-state index contributed by atoms with van der Waals surface area (Å²) in [4.78, 5) is 15.6. The molecular formula is C17H18ClN3O3. The van der Waals surface area contributed by atoms with E-state index in [9.17, 15) is 15.2 Å². The number of hydrogen-bond acceptors (Lipinski definition) is 5. The summed E-state index contributed by atoms with van der Waals surface area (Å²) < 4.78 is 0. The fraction of sp³-hybridized carbons (Fsp3) is 0.235. The van der Waals surface area contributed by atoms with Crippen molar-refractivity contribution in [3.63, 3.8) is 0 Å². The van der Waals surface area contributed by atoms with E-state index in [0.717, 1.165) is 16.5 Å². The number of nitrogens with one attached hydrogen (secondary N) is 1. The molecule has 0 saturated carbocycles. The Hall–Kier alpha value is -2.44. The van der Waals surface area contributed by atoms with Gasteiger partial charge in [0.05, 0.1) is 21.6 Å². The van der Waals surface area contributed by atoms with Gasteiger partial charge in [-0.1, -0.05) is 31.2 Å². The number of non-ortho nitro benzene ring substituents is 1. The molecule has 2 N–H and O–H groups in total. The molecule has 126 valence electrons. The first-order valence-electron chi connectivity index (χ1n) is 7.44. The van der Waals surface area contributed by atoms with Crippen LogP contribution in [-0.4, -0.2) is 21.2 Å². The third kappa shape index (κ3) is 2.98. The second-order valence-electron chi connectivity index (χ2n) is 5.45. The lowest BCUT2D eigenvalue weighted by Gasteiger charge is -2.17. The first-order valence-corrected chi connectivity index (χ1v) is 7.44. The second-order valence-corrected chi connectivity index (χ2v) is 5.45. The number of aromatic nitrogens is 1. The van der Waals surface area contributed by atoms with Gasteiger partial charge >= 0.3 is 0 Å². The van der Waals surface area contributed by atoms with E-state index < -0.39 is 11.2 Å². The summed E-state index contributed by atoms with van der Waals surface area (Å²) in [5, 5.41) is 25.7. The van der Waals surface area contributed by atoms with Crippen molar-refractivity contribution >= 4 is 45.6 Å². The largest absolute Gasteiger partial charge is 0.374 e. The standard InChI is InChI=1S/C17H17N3O3.ClH/c1-3-14(21)19-17-11-6-4-5-7-12(11)18-16-10(2)8-9-13(15(16)17)20(22)23;/h4-9,14,21H,3H2,1-2H3,(H,18,19);1H. The molecule has 1 aromatic heterocycles. The van der Waals surface area contributed by atoms with Crippen LogP contribution in [-0.2, 0) is 0 Å². The van der Waals surface area contributed by atoms with Gasteiger partial charge in [0, 0.05) is 11.5 Å². The minimum atomic E-state index is -0.788. The van der Waals surface area contributed by atoms with Crippen LogP contribution in [0.15, 0.2) is 36.4 Å². The maximum absolute atomic E-state index is 11.5. The van der Waals surface area contributed by atoms with E-state index in [0.29, 0.717) is 23.0 Å². The normalized spacial score (nSPS) is 12.0. The maximum Gasteiger partial charge on any atom is 0.280 e. The zero-order chi connectivity index (χ0) is 16.6. The smallest absolute Gasteiger partial charge is 0.280 e. The van der Waals surface area contributed by atoms with Crippen molar-refractivity contribution in [2.45, 2.75) is 26.5 Å². The Morgan fingerprint density at radius 3 is 2.67 bits per heavy atom. The van der Waals surface area contributed by atoms with E-state index in [2.05, 4.69) is 10.3 Å². The molecule has 3 aromatic rings. The van der Waals surface area contributed by atoms with Gasteiger partial charge in [-0.25, -0.2) is 4.98 Å². The van der Waals surface area contributed by atoms with E-state index in [1.165, 1.54) is 6.07 Å². The minimum absolute atomic E-state index is 0. The molecule has 7 heteroatoms. The van der Waals surface area contributed by atoms with E-state index in [-0.39, 0.29) is 18.1 Å². The average Bonchev–Trinajstić information content (AvgIpc) is 2.55. The lowest BCUT2D eigenvalue weighted by atomic mass is 10.0. The highest BCUT2D eigenvalue weighted by atomic mass is 35.5. The number of fused-ring (bicyclic) bond motifs is 2. The Morgan fingerprint density at radius 2 is 2.00 bits per heavy atom. The van der Waals surface area contributed by atoms with Gasteiger partial charge in [-0.2, -0.15) is 0 Å². The van der Waals surface area contributed by atoms with Crippen LogP contribution >= 0.6 is 12.4 Å². The van der Waals surface area contributed by atoms with Crippen LogP contribution in [0, 0.1) is 17.0 Å². The van der Waals surface area contributed by atoms with Gasteiger partial charge < -0.3 is 10.4 Å². The van der Waals surface area contributed by atoms with Crippen molar-refractivity contribution in [2.24, 2.45) is 0 Å². The maximum atomic E-state index is 11.5. The van der Waals surface area contributed by atoms with Crippen LogP contribution in [0.3, 0.4) is 0 Å². The molecule has 0 aliphatic carbocycles. The topological polar surface area (TPSA) is 88.3 Å². The van der Waals surface area contributed by atoms with E-state index >= 15 is 0 Å². The predicted octanol–water partition coefficient (Wildman–Crippen LogP) is 4.17. The number of nitro benzene ring substituents is 1. The molecule has 0 spiro atoms. The van der Waals surface area contributed by atoms with Crippen LogP contribution in [0.4, 0.5) is 11.4 Å². The van der Waals surface area contributed by atoms with Crippen LogP contribution in [0.2, 0.25) is 0 Å². The zero-order valence-electron chi connectivity index (χ0n) is 13.3. The van der Waals surface area contributed by atoms with E-state index in [1.54, 1.807) is 6.07 Å². The van der Waals surface area contributed by atoms with Crippen LogP contribution in [0.25, 0.3) is 21.8 Å². The third-order valence-corrected chi connectivity index (χ3v) is 3.91. The fourth-order valence-corrected chi connectivity index (χ4v) is 2.68.